The van der Waals surface area contributed by atoms with Crippen LogP contribution in [0.3, 0.4) is 0 Å². The van der Waals surface area contributed by atoms with Gasteiger partial charge in [-0.25, -0.2) is 4.63 Å². The Labute approximate surface area is 99.3 Å². The van der Waals surface area contributed by atoms with Gasteiger partial charge in [-0.15, -0.1) is 0 Å². The number of nitrogen functional groups attached to an aromatic ring is 1. The van der Waals surface area contributed by atoms with Crippen LogP contribution in [0.2, 0.25) is 0 Å². The summed E-state index contributed by atoms with van der Waals surface area (Å²) < 4.78 is 4.38. The van der Waals surface area contributed by atoms with E-state index >= 15 is 0 Å². The minimum absolute atomic E-state index is 0.0244. The third-order valence-corrected chi connectivity index (χ3v) is 3.05. The number of nitrogens with two attached hydrogens (primary N) is 1. The lowest BCUT2D eigenvalue weighted by Gasteiger charge is -2.23. The fourth-order valence-electron chi connectivity index (χ4n) is 1.99. The average Bonchev–Trinajstić information content (AvgIpc) is 2.95. The van der Waals surface area contributed by atoms with Crippen molar-refractivity contribution in [1.29, 1.82) is 0 Å². The number of nitrogens with zero attached hydrogens (tertiary/aromatic N) is 3. The molecule has 1 aliphatic heterocycles. The van der Waals surface area contributed by atoms with Gasteiger partial charge in [-0.2, -0.15) is 0 Å². The summed E-state index contributed by atoms with van der Waals surface area (Å²) in [6.45, 7) is 4.87. The summed E-state index contributed by atoms with van der Waals surface area (Å²) >= 11 is 0. The molecule has 1 aliphatic rings. The fourth-order valence-corrected chi connectivity index (χ4v) is 1.99. The van der Waals surface area contributed by atoms with Gasteiger partial charge in [-0.05, 0) is 43.2 Å². The third-order valence-electron chi connectivity index (χ3n) is 3.05. The molecule has 94 valence electrons. The highest BCUT2D eigenvalue weighted by atomic mass is 16.6. The van der Waals surface area contributed by atoms with Crippen LogP contribution >= 0.6 is 0 Å². The zero-order valence-electron chi connectivity index (χ0n) is 9.85. The van der Waals surface area contributed by atoms with Crippen molar-refractivity contribution in [3.63, 3.8) is 0 Å². The number of hydrogen-bond donors (Lipinski definition) is 2. The molecular formula is C10H17N5O2. The number of amides is 1. The van der Waals surface area contributed by atoms with Crippen LogP contribution in [0.25, 0.3) is 0 Å². The molecule has 1 fully saturated rings. The number of rotatable bonds is 4. The van der Waals surface area contributed by atoms with Crippen molar-refractivity contribution in [2.75, 3.05) is 25.4 Å². The SMILES string of the molecule is CC(CNC(=O)c1nonc1N)N1CCCC1. The van der Waals surface area contributed by atoms with Crippen molar-refractivity contribution in [3.8, 4) is 0 Å². The standard InChI is InChI=1S/C10H17N5O2/c1-7(15-4-2-3-5-15)6-12-10(16)8-9(11)14-17-13-8/h7H,2-6H2,1H3,(H2,11,14)(H,12,16). The van der Waals surface area contributed by atoms with Gasteiger partial charge in [0.15, 0.2) is 0 Å². The second-order valence-electron chi connectivity index (χ2n) is 4.30. The molecule has 3 N–H and O–H groups in total. The number of hydrogen-bond acceptors (Lipinski definition) is 6. The first kappa shape index (κ1) is 11.8. The third kappa shape index (κ3) is 2.73. The molecule has 0 aliphatic carbocycles. The van der Waals surface area contributed by atoms with E-state index in [0.29, 0.717) is 12.6 Å². The van der Waals surface area contributed by atoms with E-state index in [0.717, 1.165) is 13.1 Å². The molecule has 1 aromatic rings. The lowest BCUT2D eigenvalue weighted by molar-refractivity contribution is 0.0931. The van der Waals surface area contributed by atoms with Crippen LogP contribution in [0.15, 0.2) is 4.63 Å². The molecule has 1 saturated heterocycles. The molecule has 1 amide bonds. The molecule has 2 heterocycles. The van der Waals surface area contributed by atoms with Crippen molar-refractivity contribution in [3.05, 3.63) is 5.69 Å². The molecule has 1 atom stereocenters. The zero-order chi connectivity index (χ0) is 12.3. The Morgan fingerprint density at radius 2 is 2.24 bits per heavy atom. The van der Waals surface area contributed by atoms with Crippen LogP contribution < -0.4 is 11.1 Å². The van der Waals surface area contributed by atoms with Crippen molar-refractivity contribution in [2.24, 2.45) is 0 Å². The van der Waals surface area contributed by atoms with E-state index in [9.17, 15) is 4.79 Å². The molecule has 0 aromatic carbocycles. The summed E-state index contributed by atoms with van der Waals surface area (Å²) in [4.78, 5) is 14.0. The highest BCUT2D eigenvalue weighted by Gasteiger charge is 2.20. The van der Waals surface area contributed by atoms with Crippen LogP contribution in [-0.2, 0) is 0 Å². The number of nitrogens with one attached hydrogen (secondary N) is 1. The van der Waals surface area contributed by atoms with E-state index in [2.05, 4.69) is 32.1 Å². The highest BCUT2D eigenvalue weighted by Crippen LogP contribution is 2.11. The summed E-state index contributed by atoms with van der Waals surface area (Å²) in [5, 5.41) is 9.60. The van der Waals surface area contributed by atoms with Gasteiger partial charge in [0.25, 0.3) is 5.91 Å². The Kier molecular flexibility index (Phi) is 3.58. The van der Waals surface area contributed by atoms with Crippen LogP contribution in [-0.4, -0.2) is 46.8 Å². The van der Waals surface area contributed by atoms with Gasteiger partial charge in [0.1, 0.15) is 0 Å². The maximum Gasteiger partial charge on any atom is 0.277 e. The Hall–Kier alpha value is -1.63. The molecule has 0 saturated carbocycles. The maximum absolute atomic E-state index is 11.7. The van der Waals surface area contributed by atoms with Gasteiger partial charge in [0, 0.05) is 12.6 Å². The molecule has 1 unspecified atom stereocenters. The van der Waals surface area contributed by atoms with Gasteiger partial charge in [0.2, 0.25) is 11.5 Å². The van der Waals surface area contributed by atoms with E-state index < -0.39 is 0 Å². The van der Waals surface area contributed by atoms with E-state index in [4.69, 9.17) is 5.73 Å². The maximum atomic E-state index is 11.7. The normalized spacial score (nSPS) is 18.2. The number of carbonyl (C=O) groups is 1. The quantitative estimate of drug-likeness (QED) is 0.759. The Bertz CT molecular complexity index is 386. The molecule has 2 rings (SSSR count). The predicted octanol–water partition coefficient (Wildman–Crippen LogP) is -0.134. The van der Waals surface area contributed by atoms with Crippen LogP contribution in [0.5, 0.6) is 0 Å². The number of aromatic nitrogens is 2. The lowest BCUT2D eigenvalue weighted by Crippen LogP contribution is -2.40. The Morgan fingerprint density at radius 3 is 2.82 bits per heavy atom. The monoisotopic (exact) mass is 239 g/mol. The first-order valence-corrected chi connectivity index (χ1v) is 5.78. The summed E-state index contributed by atoms with van der Waals surface area (Å²) in [5.74, 6) is -0.314. The molecule has 0 radical (unpaired) electrons. The fraction of sp³-hybridized carbons (Fsp3) is 0.700. The van der Waals surface area contributed by atoms with Crippen molar-refractivity contribution < 1.29 is 9.42 Å². The van der Waals surface area contributed by atoms with Gasteiger partial charge in [-0.1, -0.05) is 0 Å². The van der Waals surface area contributed by atoms with Gasteiger partial charge in [0.05, 0.1) is 0 Å². The van der Waals surface area contributed by atoms with Gasteiger partial charge >= 0.3 is 0 Å². The smallest absolute Gasteiger partial charge is 0.277 e. The molecule has 7 heteroatoms. The van der Waals surface area contributed by atoms with Crippen molar-refractivity contribution in [2.45, 2.75) is 25.8 Å². The number of carbonyl (C=O) groups excluding carboxylic acids is 1. The van der Waals surface area contributed by atoms with E-state index in [1.807, 2.05) is 0 Å². The Morgan fingerprint density at radius 1 is 1.53 bits per heavy atom. The minimum Gasteiger partial charge on any atom is -0.379 e. The minimum atomic E-state index is -0.338. The topological polar surface area (TPSA) is 97.3 Å². The van der Waals surface area contributed by atoms with E-state index in [-0.39, 0.29) is 17.4 Å². The van der Waals surface area contributed by atoms with Crippen LogP contribution in [0.4, 0.5) is 5.82 Å². The first-order chi connectivity index (χ1) is 8.18. The van der Waals surface area contributed by atoms with E-state index in [1.165, 1.54) is 12.8 Å². The summed E-state index contributed by atoms with van der Waals surface area (Å²) in [6, 6.07) is 0.322. The van der Waals surface area contributed by atoms with Crippen molar-refractivity contribution >= 4 is 11.7 Å². The number of anilines is 1. The van der Waals surface area contributed by atoms with Crippen molar-refractivity contribution in [1.82, 2.24) is 20.5 Å². The molecule has 0 spiro atoms. The van der Waals surface area contributed by atoms with Gasteiger partial charge < -0.3 is 11.1 Å². The largest absolute Gasteiger partial charge is 0.379 e. The highest BCUT2D eigenvalue weighted by molar-refractivity contribution is 5.95. The summed E-state index contributed by atoms with van der Waals surface area (Å²) in [7, 11) is 0. The molecule has 7 nitrogen and oxygen atoms in total. The zero-order valence-corrected chi connectivity index (χ0v) is 9.85. The molecule has 1 aromatic heterocycles. The van der Waals surface area contributed by atoms with Gasteiger partial charge in [-0.3, -0.25) is 9.69 Å². The second kappa shape index (κ2) is 5.13. The predicted molar refractivity (Wildman–Crippen MR) is 61.3 cm³/mol. The summed E-state index contributed by atoms with van der Waals surface area (Å²) in [5.41, 5.74) is 5.49. The Balaban J connectivity index is 1.82. The summed E-state index contributed by atoms with van der Waals surface area (Å²) in [6.07, 6.45) is 2.47. The average molecular weight is 239 g/mol. The molecular weight excluding hydrogens is 222 g/mol. The van der Waals surface area contributed by atoms with Crippen LogP contribution in [0.1, 0.15) is 30.3 Å². The number of likely N-dealkylation sites (tertiary alicyclic amines) is 1. The second-order valence-corrected chi connectivity index (χ2v) is 4.30. The van der Waals surface area contributed by atoms with Crippen LogP contribution in [0, 0.1) is 0 Å². The molecule has 0 bridgehead atoms. The first-order valence-electron chi connectivity index (χ1n) is 5.78. The van der Waals surface area contributed by atoms with E-state index in [1.54, 1.807) is 0 Å². The molecule has 17 heavy (non-hydrogen) atoms. The lowest BCUT2D eigenvalue weighted by atomic mass is 10.3.